The van der Waals surface area contributed by atoms with Crippen LogP contribution in [0.3, 0.4) is 0 Å². The molecule has 0 radical (unpaired) electrons. The van der Waals surface area contributed by atoms with E-state index >= 15 is 0 Å². The summed E-state index contributed by atoms with van der Waals surface area (Å²) in [6.45, 7) is 0.0117. The topological polar surface area (TPSA) is 72.5 Å². The molecule has 0 fully saturated rings. The molecule has 0 aliphatic rings. The summed E-state index contributed by atoms with van der Waals surface area (Å²) >= 11 is 13.2. The van der Waals surface area contributed by atoms with Gasteiger partial charge in [0.1, 0.15) is 12.6 Å². The number of hydrogen-bond acceptors (Lipinski definition) is 5. The minimum absolute atomic E-state index is 0.0117. The quantitative estimate of drug-likeness (QED) is 0.584. The third kappa shape index (κ3) is 7.01. The van der Waals surface area contributed by atoms with Crippen LogP contribution in [0.2, 0.25) is 10.0 Å². The van der Waals surface area contributed by atoms with Crippen molar-refractivity contribution in [2.24, 2.45) is 0 Å². The van der Waals surface area contributed by atoms with Crippen LogP contribution in [0.15, 0.2) is 53.4 Å². The molecule has 146 valence electrons. The lowest BCUT2D eigenvalue weighted by molar-refractivity contribution is -0.147. The minimum Gasteiger partial charge on any atom is -0.460 e. The van der Waals surface area contributed by atoms with Crippen LogP contribution in [0.25, 0.3) is 0 Å². The number of esters is 1. The first kappa shape index (κ1) is 22.0. The number of rotatable bonds is 9. The van der Waals surface area contributed by atoms with Crippen molar-refractivity contribution in [1.82, 2.24) is 4.72 Å². The molecule has 1 N–H and O–H groups in total. The van der Waals surface area contributed by atoms with Gasteiger partial charge >= 0.3 is 5.97 Å². The summed E-state index contributed by atoms with van der Waals surface area (Å²) in [4.78, 5) is 12.5. The molecule has 0 amide bonds. The van der Waals surface area contributed by atoms with Gasteiger partial charge in [-0.2, -0.15) is 16.5 Å². The van der Waals surface area contributed by atoms with Gasteiger partial charge < -0.3 is 4.74 Å². The highest BCUT2D eigenvalue weighted by molar-refractivity contribution is 7.98. The van der Waals surface area contributed by atoms with Gasteiger partial charge in [0.15, 0.2) is 0 Å². The highest BCUT2D eigenvalue weighted by Crippen LogP contribution is 2.16. The van der Waals surface area contributed by atoms with E-state index in [2.05, 4.69) is 4.72 Å². The van der Waals surface area contributed by atoms with Gasteiger partial charge in [-0.25, -0.2) is 8.42 Å². The second-order valence-corrected chi connectivity index (χ2v) is 9.22. The first-order valence-electron chi connectivity index (χ1n) is 8.00. The Labute approximate surface area is 173 Å². The maximum atomic E-state index is 12.6. The minimum atomic E-state index is -3.88. The van der Waals surface area contributed by atoms with Crippen molar-refractivity contribution in [3.63, 3.8) is 0 Å². The zero-order valence-electron chi connectivity index (χ0n) is 14.5. The predicted octanol–water partition coefficient (Wildman–Crippen LogP) is 4.14. The average molecular weight is 448 g/mol. The lowest BCUT2D eigenvalue weighted by Gasteiger charge is -2.17. The molecule has 9 heteroatoms. The van der Waals surface area contributed by atoms with Crippen molar-refractivity contribution in [3.8, 4) is 0 Å². The molecule has 0 saturated carbocycles. The number of benzene rings is 2. The van der Waals surface area contributed by atoms with Crippen LogP contribution in [0, 0.1) is 0 Å². The number of nitrogens with one attached hydrogen (secondary N) is 1. The molecular formula is C18H19Cl2NO4S2. The Morgan fingerprint density at radius 1 is 1.15 bits per heavy atom. The first-order valence-corrected chi connectivity index (χ1v) is 11.6. The summed E-state index contributed by atoms with van der Waals surface area (Å²) in [6.07, 6.45) is 2.18. The molecule has 27 heavy (non-hydrogen) atoms. The molecule has 0 saturated heterocycles. The number of sulfonamides is 1. The molecule has 0 aliphatic carbocycles. The maximum absolute atomic E-state index is 12.6. The lowest BCUT2D eigenvalue weighted by Crippen LogP contribution is -2.42. The third-order valence-corrected chi connectivity index (χ3v) is 6.21. The van der Waals surface area contributed by atoms with E-state index in [0.717, 1.165) is 5.56 Å². The number of carbonyl (C=O) groups excluding carboxylic acids is 1. The predicted molar refractivity (Wildman–Crippen MR) is 110 cm³/mol. The fourth-order valence-electron chi connectivity index (χ4n) is 2.21. The molecule has 0 aromatic heterocycles. The number of halogens is 2. The Bertz CT molecular complexity index is 873. The molecular weight excluding hydrogens is 429 g/mol. The largest absolute Gasteiger partial charge is 0.460 e. The molecule has 2 rings (SSSR count). The summed E-state index contributed by atoms with van der Waals surface area (Å²) in [5.41, 5.74) is 0.722. The van der Waals surface area contributed by atoms with Crippen molar-refractivity contribution < 1.29 is 17.9 Å². The molecule has 0 heterocycles. The van der Waals surface area contributed by atoms with Gasteiger partial charge in [0.2, 0.25) is 10.0 Å². The maximum Gasteiger partial charge on any atom is 0.324 e. The number of carbonyl (C=O) groups is 1. The molecule has 0 aliphatic heterocycles. The molecule has 0 unspecified atom stereocenters. The Morgan fingerprint density at radius 3 is 2.48 bits per heavy atom. The molecule has 5 nitrogen and oxygen atoms in total. The van der Waals surface area contributed by atoms with Gasteiger partial charge in [-0.1, -0.05) is 35.3 Å². The van der Waals surface area contributed by atoms with E-state index in [1.807, 2.05) is 6.26 Å². The van der Waals surface area contributed by atoms with Gasteiger partial charge in [0.05, 0.1) is 4.90 Å². The number of thioether (sulfide) groups is 1. The smallest absolute Gasteiger partial charge is 0.324 e. The van der Waals surface area contributed by atoms with Crippen molar-refractivity contribution in [1.29, 1.82) is 0 Å². The summed E-state index contributed by atoms with van der Waals surface area (Å²) in [5, 5.41) is 0.958. The van der Waals surface area contributed by atoms with Crippen LogP contribution in [0.5, 0.6) is 0 Å². The average Bonchev–Trinajstić information content (AvgIpc) is 2.63. The van der Waals surface area contributed by atoms with E-state index in [-0.39, 0.29) is 11.5 Å². The second-order valence-electron chi connectivity index (χ2n) is 5.65. The summed E-state index contributed by atoms with van der Waals surface area (Å²) in [7, 11) is -3.88. The van der Waals surface area contributed by atoms with Crippen molar-refractivity contribution in [3.05, 3.63) is 64.1 Å². The second kappa shape index (κ2) is 10.3. The van der Waals surface area contributed by atoms with Crippen LogP contribution in [-0.4, -0.2) is 32.4 Å². The van der Waals surface area contributed by atoms with Gasteiger partial charge in [-0.15, -0.1) is 0 Å². The Hall–Kier alpha value is -1.25. The Balaban J connectivity index is 2.08. The highest BCUT2D eigenvalue weighted by Gasteiger charge is 2.26. The van der Waals surface area contributed by atoms with E-state index in [0.29, 0.717) is 22.2 Å². The van der Waals surface area contributed by atoms with Gasteiger partial charge in [-0.05, 0) is 60.4 Å². The first-order chi connectivity index (χ1) is 12.8. The highest BCUT2D eigenvalue weighted by atomic mass is 35.5. The fourth-order valence-corrected chi connectivity index (χ4v) is 4.24. The zero-order chi connectivity index (χ0) is 19.9. The number of hydrogen-bond donors (Lipinski definition) is 1. The standard InChI is InChI=1S/C18H19Cl2NO4S2/c1-26-10-9-17(18(22)25-12-13-3-2-4-15(20)11-13)21-27(23,24)16-7-5-14(19)6-8-16/h2-8,11,17,21H,9-10,12H2,1H3/t17-/m1/s1. The lowest BCUT2D eigenvalue weighted by atomic mass is 10.2. The third-order valence-electron chi connectivity index (χ3n) is 3.59. The zero-order valence-corrected chi connectivity index (χ0v) is 17.7. The normalized spacial score (nSPS) is 12.6. The van der Waals surface area contributed by atoms with Crippen molar-refractivity contribution >= 4 is 51.0 Å². The summed E-state index contributed by atoms with van der Waals surface area (Å²) in [5.74, 6) is -0.0401. The Kier molecular flexibility index (Phi) is 8.44. The van der Waals surface area contributed by atoms with Gasteiger partial charge in [0.25, 0.3) is 0 Å². The van der Waals surface area contributed by atoms with E-state index < -0.39 is 22.0 Å². The Morgan fingerprint density at radius 2 is 1.85 bits per heavy atom. The van der Waals surface area contributed by atoms with Crippen LogP contribution in [0.4, 0.5) is 0 Å². The number of ether oxygens (including phenoxy) is 1. The van der Waals surface area contributed by atoms with Gasteiger partial charge in [0, 0.05) is 10.0 Å². The van der Waals surface area contributed by atoms with Crippen LogP contribution < -0.4 is 4.72 Å². The monoisotopic (exact) mass is 447 g/mol. The van der Waals surface area contributed by atoms with E-state index in [1.165, 1.54) is 36.0 Å². The van der Waals surface area contributed by atoms with Crippen LogP contribution in [0.1, 0.15) is 12.0 Å². The fraction of sp³-hybridized carbons (Fsp3) is 0.278. The summed E-state index contributed by atoms with van der Waals surface area (Å²) in [6, 6.07) is 11.7. The van der Waals surface area contributed by atoms with Gasteiger partial charge in [-0.3, -0.25) is 4.79 Å². The molecule has 0 bridgehead atoms. The van der Waals surface area contributed by atoms with E-state index in [1.54, 1.807) is 24.3 Å². The summed E-state index contributed by atoms with van der Waals surface area (Å²) < 4.78 is 32.8. The SMILES string of the molecule is CSCC[C@@H](NS(=O)(=O)c1ccc(Cl)cc1)C(=O)OCc1cccc(Cl)c1. The van der Waals surface area contributed by atoms with Crippen molar-refractivity contribution in [2.45, 2.75) is 24.0 Å². The van der Waals surface area contributed by atoms with Crippen molar-refractivity contribution in [2.75, 3.05) is 12.0 Å². The molecule has 0 spiro atoms. The molecule has 1 atom stereocenters. The van der Waals surface area contributed by atoms with E-state index in [9.17, 15) is 13.2 Å². The van der Waals surface area contributed by atoms with E-state index in [4.69, 9.17) is 27.9 Å². The van der Waals surface area contributed by atoms with Crippen LogP contribution >= 0.6 is 35.0 Å². The molecule has 2 aromatic carbocycles. The molecule has 2 aromatic rings. The van der Waals surface area contributed by atoms with Crippen LogP contribution in [-0.2, 0) is 26.2 Å².